The number of hydrogen-bond donors (Lipinski definition) is 3. The number of anilines is 1. The van der Waals surface area contributed by atoms with Crippen molar-refractivity contribution in [3.63, 3.8) is 0 Å². The largest absolute Gasteiger partial charge is 0.494 e. The highest BCUT2D eigenvalue weighted by molar-refractivity contribution is 5.28. The molecular formula is C22H35N5O2. The van der Waals surface area contributed by atoms with Gasteiger partial charge in [-0.25, -0.2) is 5.10 Å². The zero-order chi connectivity index (χ0) is 20.5. The van der Waals surface area contributed by atoms with Crippen molar-refractivity contribution in [2.75, 3.05) is 31.6 Å². The van der Waals surface area contributed by atoms with Crippen LogP contribution in [0.2, 0.25) is 0 Å². The Morgan fingerprint density at radius 2 is 2.10 bits per heavy atom. The average Bonchev–Trinajstić information content (AvgIpc) is 3.22. The summed E-state index contributed by atoms with van der Waals surface area (Å²) in [6.07, 6.45) is 5.12. The number of aromatic amines is 1. The molecule has 1 saturated heterocycles. The Morgan fingerprint density at radius 3 is 2.90 bits per heavy atom. The molecule has 1 aromatic heterocycles. The minimum Gasteiger partial charge on any atom is -0.494 e. The van der Waals surface area contributed by atoms with Crippen LogP contribution in [0.3, 0.4) is 0 Å². The van der Waals surface area contributed by atoms with E-state index in [0.717, 1.165) is 25.3 Å². The van der Waals surface area contributed by atoms with Gasteiger partial charge in [-0.3, -0.25) is 4.90 Å². The Hall–Kier alpha value is -2.12. The molecule has 3 rings (SSSR count). The summed E-state index contributed by atoms with van der Waals surface area (Å²) in [7, 11) is 0. The number of likely N-dealkylation sites (tertiary alicyclic amines) is 1. The SMILES string of the molecule is CCC(O)C(C)c1n[nH]c(NCCCOc2cccc(CN3CCCCC3)c2)n1. The Labute approximate surface area is 173 Å². The maximum atomic E-state index is 9.92. The van der Waals surface area contributed by atoms with E-state index in [2.05, 4.69) is 43.6 Å². The van der Waals surface area contributed by atoms with Gasteiger partial charge in [0.2, 0.25) is 5.95 Å². The fourth-order valence-electron chi connectivity index (χ4n) is 3.66. The maximum absolute atomic E-state index is 9.92. The van der Waals surface area contributed by atoms with E-state index < -0.39 is 6.10 Å². The van der Waals surface area contributed by atoms with Gasteiger partial charge in [-0.15, -0.1) is 0 Å². The lowest BCUT2D eigenvalue weighted by Gasteiger charge is -2.26. The smallest absolute Gasteiger partial charge is 0.218 e. The van der Waals surface area contributed by atoms with Crippen LogP contribution in [0.5, 0.6) is 5.75 Å². The van der Waals surface area contributed by atoms with Crippen LogP contribution in [0.15, 0.2) is 24.3 Å². The van der Waals surface area contributed by atoms with Crippen molar-refractivity contribution in [1.82, 2.24) is 20.1 Å². The third-order valence-corrected chi connectivity index (χ3v) is 5.54. The first-order chi connectivity index (χ1) is 14.2. The molecule has 0 aliphatic carbocycles. The van der Waals surface area contributed by atoms with Gasteiger partial charge >= 0.3 is 0 Å². The fraction of sp³-hybridized carbons (Fsp3) is 0.636. The summed E-state index contributed by atoms with van der Waals surface area (Å²) in [6.45, 7) is 8.70. The van der Waals surface area contributed by atoms with Gasteiger partial charge in [0.25, 0.3) is 0 Å². The van der Waals surface area contributed by atoms with Crippen LogP contribution in [-0.2, 0) is 6.54 Å². The number of nitrogens with zero attached hydrogens (tertiary/aromatic N) is 3. The average molecular weight is 402 g/mol. The van der Waals surface area contributed by atoms with Crippen molar-refractivity contribution in [2.24, 2.45) is 0 Å². The second-order valence-corrected chi connectivity index (χ2v) is 7.92. The zero-order valence-electron chi connectivity index (χ0n) is 17.7. The summed E-state index contributed by atoms with van der Waals surface area (Å²) >= 11 is 0. The molecule has 7 nitrogen and oxygen atoms in total. The third-order valence-electron chi connectivity index (χ3n) is 5.54. The number of ether oxygens (including phenoxy) is 1. The van der Waals surface area contributed by atoms with Crippen LogP contribution in [-0.4, -0.2) is 57.5 Å². The van der Waals surface area contributed by atoms with E-state index in [1.807, 2.05) is 19.9 Å². The van der Waals surface area contributed by atoms with Crippen LogP contribution in [0, 0.1) is 0 Å². The Bertz CT molecular complexity index is 729. The molecule has 29 heavy (non-hydrogen) atoms. The second kappa shape index (κ2) is 11.2. The lowest BCUT2D eigenvalue weighted by molar-refractivity contribution is 0.142. The van der Waals surface area contributed by atoms with Gasteiger partial charge in [-0.05, 0) is 56.5 Å². The summed E-state index contributed by atoms with van der Waals surface area (Å²) in [5.41, 5.74) is 1.32. The highest BCUT2D eigenvalue weighted by Crippen LogP contribution is 2.19. The molecule has 160 valence electrons. The molecule has 0 amide bonds. The molecule has 2 atom stereocenters. The second-order valence-electron chi connectivity index (χ2n) is 7.92. The van der Waals surface area contributed by atoms with E-state index in [-0.39, 0.29) is 5.92 Å². The van der Waals surface area contributed by atoms with Crippen molar-refractivity contribution in [3.8, 4) is 5.75 Å². The number of hydrogen-bond acceptors (Lipinski definition) is 6. The number of aromatic nitrogens is 3. The van der Waals surface area contributed by atoms with Crippen molar-refractivity contribution >= 4 is 5.95 Å². The minimum absolute atomic E-state index is 0.0765. The van der Waals surface area contributed by atoms with E-state index in [0.29, 0.717) is 24.8 Å². The van der Waals surface area contributed by atoms with Crippen molar-refractivity contribution in [1.29, 1.82) is 0 Å². The van der Waals surface area contributed by atoms with Crippen molar-refractivity contribution < 1.29 is 9.84 Å². The van der Waals surface area contributed by atoms with Crippen LogP contribution in [0.25, 0.3) is 0 Å². The van der Waals surface area contributed by atoms with Gasteiger partial charge in [0.15, 0.2) is 5.82 Å². The molecule has 0 saturated carbocycles. The standard InChI is InChI=1S/C22H35N5O2/c1-3-20(28)17(2)21-24-22(26-25-21)23-11-8-14-29-19-10-7-9-18(15-19)16-27-12-5-4-6-13-27/h7,9-10,15,17,20,28H,3-6,8,11-14,16H2,1-2H3,(H2,23,24,25,26). The topological polar surface area (TPSA) is 86.3 Å². The molecule has 1 aliphatic rings. The van der Waals surface area contributed by atoms with Crippen molar-refractivity contribution in [3.05, 3.63) is 35.7 Å². The monoisotopic (exact) mass is 401 g/mol. The Balaban J connectivity index is 1.36. The Kier molecular flexibility index (Phi) is 8.31. The maximum Gasteiger partial charge on any atom is 0.218 e. The normalized spacial score (nSPS) is 17.1. The molecule has 2 unspecified atom stereocenters. The Morgan fingerprint density at radius 1 is 1.28 bits per heavy atom. The first-order valence-electron chi connectivity index (χ1n) is 10.9. The number of nitrogens with one attached hydrogen (secondary N) is 2. The van der Waals surface area contributed by atoms with Gasteiger partial charge in [0.05, 0.1) is 12.7 Å². The highest BCUT2D eigenvalue weighted by Gasteiger charge is 2.18. The zero-order valence-corrected chi connectivity index (χ0v) is 17.7. The molecule has 2 heterocycles. The van der Waals surface area contributed by atoms with Crippen LogP contribution in [0.1, 0.15) is 63.3 Å². The molecule has 1 fully saturated rings. The van der Waals surface area contributed by atoms with E-state index in [9.17, 15) is 5.11 Å². The number of benzene rings is 1. The van der Waals surface area contributed by atoms with E-state index in [1.54, 1.807) is 0 Å². The van der Waals surface area contributed by atoms with Gasteiger partial charge < -0.3 is 15.2 Å². The molecule has 0 spiro atoms. The van der Waals surface area contributed by atoms with E-state index in [4.69, 9.17) is 4.74 Å². The van der Waals surface area contributed by atoms with Crippen LogP contribution in [0.4, 0.5) is 5.95 Å². The number of piperidine rings is 1. The molecule has 2 aromatic rings. The van der Waals surface area contributed by atoms with E-state index >= 15 is 0 Å². The van der Waals surface area contributed by atoms with Gasteiger partial charge in [-0.2, -0.15) is 10.1 Å². The van der Waals surface area contributed by atoms with Crippen LogP contribution < -0.4 is 10.1 Å². The van der Waals surface area contributed by atoms with Gasteiger partial charge in [-0.1, -0.05) is 32.4 Å². The summed E-state index contributed by atoms with van der Waals surface area (Å²) in [6, 6.07) is 8.44. The summed E-state index contributed by atoms with van der Waals surface area (Å²) in [5.74, 6) is 2.14. The third kappa shape index (κ3) is 6.72. The fourth-order valence-corrected chi connectivity index (χ4v) is 3.66. The van der Waals surface area contributed by atoms with E-state index in [1.165, 1.54) is 37.9 Å². The molecule has 3 N–H and O–H groups in total. The molecular weight excluding hydrogens is 366 g/mol. The quantitative estimate of drug-likeness (QED) is 0.499. The molecule has 7 heteroatoms. The molecule has 1 aromatic carbocycles. The lowest BCUT2D eigenvalue weighted by Crippen LogP contribution is -2.29. The number of aliphatic hydroxyl groups is 1. The predicted molar refractivity (Wildman–Crippen MR) is 115 cm³/mol. The summed E-state index contributed by atoms with van der Waals surface area (Å²) < 4.78 is 5.93. The predicted octanol–water partition coefficient (Wildman–Crippen LogP) is 3.55. The first kappa shape index (κ1) is 21.6. The van der Waals surface area contributed by atoms with Gasteiger partial charge in [0.1, 0.15) is 5.75 Å². The van der Waals surface area contributed by atoms with Gasteiger partial charge in [0, 0.05) is 19.0 Å². The molecule has 1 aliphatic heterocycles. The van der Waals surface area contributed by atoms with Crippen LogP contribution >= 0.6 is 0 Å². The lowest BCUT2D eigenvalue weighted by atomic mass is 10.0. The van der Waals surface area contributed by atoms with Crippen molar-refractivity contribution in [2.45, 2.75) is 64.5 Å². The minimum atomic E-state index is -0.419. The first-order valence-corrected chi connectivity index (χ1v) is 10.9. The summed E-state index contributed by atoms with van der Waals surface area (Å²) in [5, 5.41) is 20.2. The number of aliphatic hydroxyl groups excluding tert-OH is 1. The number of rotatable bonds is 11. The highest BCUT2D eigenvalue weighted by atomic mass is 16.5. The molecule has 0 bridgehead atoms. The summed E-state index contributed by atoms with van der Waals surface area (Å²) in [4.78, 5) is 6.95. The number of H-pyrrole nitrogens is 1. The molecule has 0 radical (unpaired) electrons.